The molecule has 2 rings (SSSR count). The number of amides is 1. The van der Waals surface area contributed by atoms with E-state index in [-0.39, 0.29) is 6.10 Å². The molecule has 1 aliphatic heterocycles. The van der Waals surface area contributed by atoms with Crippen LogP contribution in [0.15, 0.2) is 42.6 Å². The summed E-state index contributed by atoms with van der Waals surface area (Å²) < 4.78 is 5.52. The molecular formula is C14H15NO3. The minimum Gasteiger partial charge on any atom is -0.493 e. The van der Waals surface area contributed by atoms with Gasteiger partial charge in [0.25, 0.3) is 0 Å². The Morgan fingerprint density at radius 3 is 3.00 bits per heavy atom. The van der Waals surface area contributed by atoms with Crippen molar-refractivity contribution in [2.75, 3.05) is 6.61 Å². The minimum absolute atomic E-state index is 0.218. The fourth-order valence-corrected chi connectivity index (χ4v) is 1.64. The average Bonchev–Trinajstić information content (AvgIpc) is 2.86. The van der Waals surface area contributed by atoms with Crippen LogP contribution in [0.5, 0.6) is 5.75 Å². The first-order chi connectivity index (χ1) is 8.83. The molecule has 1 unspecified atom stereocenters. The van der Waals surface area contributed by atoms with Gasteiger partial charge < -0.3 is 4.74 Å². The molecule has 1 aromatic rings. The highest BCUT2D eigenvalue weighted by Gasteiger charge is 2.12. The van der Waals surface area contributed by atoms with Gasteiger partial charge in [-0.3, -0.25) is 9.63 Å². The molecule has 0 bridgehead atoms. The van der Waals surface area contributed by atoms with Crippen molar-refractivity contribution in [3.05, 3.63) is 48.2 Å². The molecule has 4 nitrogen and oxygen atoms in total. The summed E-state index contributed by atoms with van der Waals surface area (Å²) in [6, 6.07) is 7.78. The molecule has 0 saturated carbocycles. The van der Waals surface area contributed by atoms with Gasteiger partial charge in [-0.2, -0.15) is 5.06 Å². The van der Waals surface area contributed by atoms with E-state index in [2.05, 4.69) is 0 Å². The van der Waals surface area contributed by atoms with Crippen molar-refractivity contribution >= 4 is 12.5 Å². The molecule has 1 atom stereocenters. The quantitative estimate of drug-likeness (QED) is 0.748. The van der Waals surface area contributed by atoms with Gasteiger partial charge in [0.1, 0.15) is 11.9 Å². The van der Waals surface area contributed by atoms with E-state index in [1.165, 1.54) is 0 Å². The number of hydroxylamine groups is 2. The Balaban J connectivity index is 2.05. The molecule has 0 fully saturated rings. The first-order valence-corrected chi connectivity index (χ1v) is 5.82. The molecule has 0 aliphatic carbocycles. The molecule has 0 radical (unpaired) electrons. The lowest BCUT2D eigenvalue weighted by Crippen LogP contribution is -2.14. The summed E-state index contributed by atoms with van der Waals surface area (Å²) in [6.07, 6.45) is 7.60. The van der Waals surface area contributed by atoms with Crippen molar-refractivity contribution < 1.29 is 14.4 Å². The van der Waals surface area contributed by atoms with E-state index < -0.39 is 0 Å². The Hall–Kier alpha value is -2.07. The highest BCUT2D eigenvalue weighted by Crippen LogP contribution is 2.20. The second-order valence-electron chi connectivity index (χ2n) is 3.71. The number of para-hydroxylation sites is 1. The molecule has 18 heavy (non-hydrogen) atoms. The SMILES string of the molecule is CCOc1ccccc1C=CC1C=CN(C=O)O1. The summed E-state index contributed by atoms with van der Waals surface area (Å²) in [5.74, 6) is 0.838. The Morgan fingerprint density at radius 1 is 1.44 bits per heavy atom. The molecule has 1 heterocycles. The van der Waals surface area contributed by atoms with Gasteiger partial charge in [0.05, 0.1) is 6.61 Å². The van der Waals surface area contributed by atoms with Gasteiger partial charge in [0.15, 0.2) is 0 Å². The van der Waals surface area contributed by atoms with Gasteiger partial charge in [-0.05, 0) is 25.1 Å². The lowest BCUT2D eigenvalue weighted by molar-refractivity contribution is -0.153. The van der Waals surface area contributed by atoms with Crippen LogP contribution in [0.1, 0.15) is 12.5 Å². The van der Waals surface area contributed by atoms with E-state index in [0.29, 0.717) is 13.0 Å². The van der Waals surface area contributed by atoms with Crippen molar-refractivity contribution in [1.82, 2.24) is 5.06 Å². The van der Waals surface area contributed by atoms with E-state index >= 15 is 0 Å². The maximum Gasteiger partial charge on any atom is 0.237 e. The number of carbonyl (C=O) groups excluding carboxylic acids is 1. The summed E-state index contributed by atoms with van der Waals surface area (Å²) in [5.41, 5.74) is 0.987. The van der Waals surface area contributed by atoms with E-state index in [1.807, 2.05) is 43.3 Å². The predicted molar refractivity (Wildman–Crippen MR) is 68.6 cm³/mol. The van der Waals surface area contributed by atoms with Crippen LogP contribution < -0.4 is 4.74 Å². The maximum atomic E-state index is 10.5. The van der Waals surface area contributed by atoms with Crippen LogP contribution in [0, 0.1) is 0 Å². The largest absolute Gasteiger partial charge is 0.493 e. The van der Waals surface area contributed by atoms with E-state index in [1.54, 1.807) is 12.3 Å². The highest BCUT2D eigenvalue weighted by molar-refractivity contribution is 5.58. The number of hydrogen-bond acceptors (Lipinski definition) is 3. The van der Waals surface area contributed by atoms with Crippen LogP contribution in [0.2, 0.25) is 0 Å². The van der Waals surface area contributed by atoms with Crippen molar-refractivity contribution in [2.45, 2.75) is 13.0 Å². The van der Waals surface area contributed by atoms with Gasteiger partial charge in [-0.1, -0.05) is 24.3 Å². The normalized spacial score (nSPS) is 18.5. The molecule has 0 spiro atoms. The number of rotatable bonds is 5. The molecule has 0 saturated heterocycles. The summed E-state index contributed by atoms with van der Waals surface area (Å²) in [6.45, 7) is 2.58. The minimum atomic E-state index is -0.218. The van der Waals surface area contributed by atoms with Crippen molar-refractivity contribution in [1.29, 1.82) is 0 Å². The summed E-state index contributed by atoms with van der Waals surface area (Å²) in [7, 11) is 0. The van der Waals surface area contributed by atoms with Crippen molar-refractivity contribution in [2.24, 2.45) is 0 Å². The molecule has 1 amide bonds. The summed E-state index contributed by atoms with van der Waals surface area (Å²) in [4.78, 5) is 15.7. The lowest BCUT2D eigenvalue weighted by atomic mass is 10.1. The van der Waals surface area contributed by atoms with E-state index in [0.717, 1.165) is 16.4 Å². The Bertz CT molecular complexity index is 468. The van der Waals surface area contributed by atoms with Crippen LogP contribution >= 0.6 is 0 Å². The van der Waals surface area contributed by atoms with Crippen molar-refractivity contribution in [3.8, 4) is 5.75 Å². The third kappa shape index (κ3) is 2.99. The van der Waals surface area contributed by atoms with Crippen LogP contribution in [0.25, 0.3) is 6.08 Å². The standard InChI is InChI=1S/C14H15NO3/c1-2-17-14-6-4-3-5-12(14)7-8-13-9-10-15(11-16)18-13/h3-11,13H,2H2,1H3. The number of benzene rings is 1. The van der Waals surface area contributed by atoms with Gasteiger partial charge in [-0.25, -0.2) is 0 Å². The lowest BCUT2D eigenvalue weighted by Gasteiger charge is -2.09. The zero-order chi connectivity index (χ0) is 12.8. The second kappa shape index (κ2) is 6.02. The van der Waals surface area contributed by atoms with E-state index in [4.69, 9.17) is 9.57 Å². The predicted octanol–water partition coefficient (Wildman–Crippen LogP) is 2.38. The monoisotopic (exact) mass is 245 g/mol. The highest BCUT2D eigenvalue weighted by atomic mass is 16.7. The van der Waals surface area contributed by atoms with E-state index in [9.17, 15) is 4.79 Å². The molecule has 94 valence electrons. The first kappa shape index (κ1) is 12.4. The van der Waals surface area contributed by atoms with Gasteiger partial charge in [0.2, 0.25) is 6.41 Å². The Morgan fingerprint density at radius 2 is 2.28 bits per heavy atom. The second-order valence-corrected chi connectivity index (χ2v) is 3.71. The van der Waals surface area contributed by atoms with Crippen molar-refractivity contribution in [3.63, 3.8) is 0 Å². The van der Waals surface area contributed by atoms with Gasteiger partial charge in [-0.15, -0.1) is 0 Å². The molecule has 4 heteroatoms. The number of ether oxygens (including phenoxy) is 1. The Labute approximate surface area is 106 Å². The van der Waals surface area contributed by atoms with Gasteiger partial charge >= 0.3 is 0 Å². The number of nitrogens with zero attached hydrogens (tertiary/aromatic N) is 1. The third-order valence-corrected chi connectivity index (χ3v) is 2.45. The van der Waals surface area contributed by atoms with Gasteiger partial charge in [0, 0.05) is 11.8 Å². The summed E-state index contributed by atoms with van der Waals surface area (Å²) in [5, 5.41) is 1.14. The summed E-state index contributed by atoms with van der Waals surface area (Å²) >= 11 is 0. The smallest absolute Gasteiger partial charge is 0.237 e. The number of hydrogen-bond donors (Lipinski definition) is 0. The van der Waals surface area contributed by atoms with Crippen LogP contribution in [-0.2, 0) is 9.63 Å². The molecule has 1 aliphatic rings. The zero-order valence-electron chi connectivity index (χ0n) is 10.2. The fraction of sp³-hybridized carbons (Fsp3) is 0.214. The molecular weight excluding hydrogens is 230 g/mol. The average molecular weight is 245 g/mol. The zero-order valence-corrected chi connectivity index (χ0v) is 10.2. The molecule has 1 aromatic carbocycles. The molecule has 0 N–H and O–H groups in total. The van der Waals surface area contributed by atoms with Crippen LogP contribution in [0.3, 0.4) is 0 Å². The van der Waals surface area contributed by atoms with Crippen LogP contribution in [0.4, 0.5) is 0 Å². The first-order valence-electron chi connectivity index (χ1n) is 5.82. The number of carbonyl (C=O) groups is 1. The third-order valence-electron chi connectivity index (χ3n) is 2.45. The Kier molecular flexibility index (Phi) is 4.15. The maximum absolute atomic E-state index is 10.5. The fourth-order valence-electron chi connectivity index (χ4n) is 1.64. The van der Waals surface area contributed by atoms with Crippen LogP contribution in [-0.4, -0.2) is 24.2 Å². The molecule has 0 aromatic heterocycles. The topological polar surface area (TPSA) is 38.8 Å².